The Morgan fingerprint density at radius 2 is 2.13 bits per heavy atom. The number of nitrogens with zero attached hydrogens (tertiary/aromatic N) is 1. The Hall–Kier alpha value is -0.820. The summed E-state index contributed by atoms with van der Waals surface area (Å²) in [5.74, 6) is 5.82. The minimum absolute atomic E-state index is 0.678. The Labute approximate surface area is 91.7 Å². The fraction of sp³-hybridized carbons (Fsp3) is 0.667. The molecule has 0 saturated carbocycles. The molecule has 84 valence electrons. The van der Waals surface area contributed by atoms with Gasteiger partial charge in [-0.1, -0.05) is 18.4 Å². The van der Waals surface area contributed by atoms with Crippen LogP contribution in [-0.4, -0.2) is 48.5 Å². The van der Waals surface area contributed by atoms with Gasteiger partial charge < -0.3 is 9.84 Å². The van der Waals surface area contributed by atoms with Gasteiger partial charge in [-0.05, 0) is 19.4 Å². The van der Waals surface area contributed by atoms with Gasteiger partial charge in [0.25, 0.3) is 0 Å². The predicted octanol–water partition coefficient (Wildman–Crippen LogP) is 0.649. The lowest BCUT2D eigenvalue weighted by Crippen LogP contribution is -2.36. The van der Waals surface area contributed by atoms with Gasteiger partial charge in [0.15, 0.2) is 0 Å². The van der Waals surface area contributed by atoms with Crippen molar-refractivity contribution in [3.05, 3.63) is 12.2 Å². The summed E-state index contributed by atoms with van der Waals surface area (Å²) in [4.78, 5) is 2.21. The maximum absolute atomic E-state index is 9.80. The van der Waals surface area contributed by atoms with Crippen LogP contribution >= 0.6 is 0 Å². The zero-order valence-electron chi connectivity index (χ0n) is 9.55. The minimum atomic E-state index is -1.06. The molecule has 1 aliphatic heterocycles. The van der Waals surface area contributed by atoms with E-state index in [0.717, 1.165) is 26.3 Å². The van der Waals surface area contributed by atoms with E-state index in [1.807, 2.05) is 0 Å². The molecule has 0 spiro atoms. The first-order chi connectivity index (χ1) is 7.02. The van der Waals surface area contributed by atoms with E-state index in [1.54, 1.807) is 13.8 Å². The van der Waals surface area contributed by atoms with Crippen LogP contribution in [0.4, 0.5) is 0 Å². The second kappa shape index (κ2) is 5.32. The van der Waals surface area contributed by atoms with Crippen molar-refractivity contribution in [2.45, 2.75) is 19.4 Å². The second-order valence-corrected chi connectivity index (χ2v) is 4.04. The molecule has 1 fully saturated rings. The van der Waals surface area contributed by atoms with Crippen LogP contribution in [0.25, 0.3) is 0 Å². The van der Waals surface area contributed by atoms with Gasteiger partial charge in [-0.25, -0.2) is 0 Å². The van der Waals surface area contributed by atoms with Crippen LogP contribution in [0.15, 0.2) is 12.2 Å². The fourth-order valence-corrected chi connectivity index (χ4v) is 1.19. The average molecular weight is 209 g/mol. The smallest absolute Gasteiger partial charge is 0.143 e. The van der Waals surface area contributed by atoms with Crippen molar-refractivity contribution in [3.8, 4) is 11.8 Å². The molecule has 1 heterocycles. The SMILES string of the molecule is C=C(C)[C@@](C)(O)C#CCN1CCOCC1. The van der Waals surface area contributed by atoms with Crippen LogP contribution in [0.1, 0.15) is 13.8 Å². The second-order valence-electron chi connectivity index (χ2n) is 4.04. The number of hydrogen-bond donors (Lipinski definition) is 1. The molecule has 1 rings (SSSR count). The molecule has 3 heteroatoms. The van der Waals surface area contributed by atoms with E-state index in [1.165, 1.54) is 0 Å². The van der Waals surface area contributed by atoms with Crippen molar-refractivity contribution in [2.75, 3.05) is 32.8 Å². The molecular formula is C12H19NO2. The van der Waals surface area contributed by atoms with Gasteiger partial charge in [0.05, 0.1) is 19.8 Å². The van der Waals surface area contributed by atoms with E-state index in [4.69, 9.17) is 4.74 Å². The quantitative estimate of drug-likeness (QED) is 0.535. The molecule has 0 aromatic heterocycles. The molecule has 0 bridgehead atoms. The summed E-state index contributed by atoms with van der Waals surface area (Å²) in [5.41, 5.74) is -0.385. The van der Waals surface area contributed by atoms with Crippen LogP contribution in [-0.2, 0) is 4.74 Å². The highest BCUT2D eigenvalue weighted by Crippen LogP contribution is 2.11. The van der Waals surface area contributed by atoms with Gasteiger partial charge in [0, 0.05) is 13.1 Å². The first-order valence-electron chi connectivity index (χ1n) is 5.21. The largest absolute Gasteiger partial charge is 0.379 e. The topological polar surface area (TPSA) is 32.7 Å². The highest BCUT2D eigenvalue weighted by Gasteiger charge is 2.17. The lowest BCUT2D eigenvalue weighted by Gasteiger charge is -2.24. The van der Waals surface area contributed by atoms with E-state index >= 15 is 0 Å². The van der Waals surface area contributed by atoms with Crippen molar-refractivity contribution in [1.82, 2.24) is 4.90 Å². The van der Waals surface area contributed by atoms with Crippen molar-refractivity contribution < 1.29 is 9.84 Å². The third-order valence-corrected chi connectivity index (χ3v) is 2.57. The van der Waals surface area contributed by atoms with Crippen molar-refractivity contribution in [2.24, 2.45) is 0 Å². The standard InChI is InChI=1S/C12H19NO2/c1-11(2)12(3,14)5-4-6-13-7-9-15-10-8-13/h14H,1,6-10H2,2-3H3/t12-/m0/s1. The van der Waals surface area contributed by atoms with Crippen LogP contribution in [0, 0.1) is 11.8 Å². The van der Waals surface area contributed by atoms with Crippen LogP contribution < -0.4 is 0 Å². The monoisotopic (exact) mass is 209 g/mol. The van der Waals surface area contributed by atoms with E-state index < -0.39 is 5.60 Å². The molecule has 1 aliphatic rings. The van der Waals surface area contributed by atoms with Crippen LogP contribution in [0.3, 0.4) is 0 Å². The average Bonchev–Trinajstić information content (AvgIpc) is 2.19. The molecule has 1 saturated heterocycles. The van der Waals surface area contributed by atoms with E-state index in [2.05, 4.69) is 23.3 Å². The summed E-state index contributed by atoms with van der Waals surface area (Å²) in [5, 5.41) is 9.80. The maximum atomic E-state index is 9.80. The molecule has 15 heavy (non-hydrogen) atoms. The number of hydrogen-bond acceptors (Lipinski definition) is 3. The Kier molecular flexibility index (Phi) is 4.34. The Morgan fingerprint density at radius 1 is 1.53 bits per heavy atom. The van der Waals surface area contributed by atoms with Gasteiger partial charge in [-0.3, -0.25) is 4.90 Å². The van der Waals surface area contributed by atoms with Gasteiger partial charge in [0.2, 0.25) is 0 Å². The first kappa shape index (κ1) is 12.3. The molecule has 0 aliphatic carbocycles. The molecule has 0 unspecified atom stereocenters. The van der Waals surface area contributed by atoms with Crippen molar-refractivity contribution in [1.29, 1.82) is 0 Å². The van der Waals surface area contributed by atoms with Crippen LogP contribution in [0.2, 0.25) is 0 Å². The summed E-state index contributed by atoms with van der Waals surface area (Å²) in [6, 6.07) is 0. The highest BCUT2D eigenvalue weighted by atomic mass is 16.5. The first-order valence-corrected chi connectivity index (χ1v) is 5.21. The molecule has 1 N–H and O–H groups in total. The zero-order valence-corrected chi connectivity index (χ0v) is 9.55. The normalized spacial score (nSPS) is 21.3. The van der Waals surface area contributed by atoms with E-state index in [9.17, 15) is 5.11 Å². The lowest BCUT2D eigenvalue weighted by atomic mass is 10.00. The minimum Gasteiger partial charge on any atom is -0.379 e. The van der Waals surface area contributed by atoms with Crippen molar-refractivity contribution in [3.63, 3.8) is 0 Å². The summed E-state index contributed by atoms with van der Waals surface area (Å²) in [6.07, 6.45) is 0. The fourth-order valence-electron chi connectivity index (χ4n) is 1.19. The lowest BCUT2D eigenvalue weighted by molar-refractivity contribution is 0.0443. The summed E-state index contributed by atoms with van der Waals surface area (Å²) < 4.78 is 5.23. The predicted molar refractivity (Wildman–Crippen MR) is 60.5 cm³/mol. The number of morpholine rings is 1. The third kappa shape index (κ3) is 4.05. The van der Waals surface area contributed by atoms with Gasteiger partial charge in [0.1, 0.15) is 5.60 Å². The third-order valence-electron chi connectivity index (χ3n) is 2.57. The summed E-state index contributed by atoms with van der Waals surface area (Å²) >= 11 is 0. The molecule has 1 atom stereocenters. The van der Waals surface area contributed by atoms with E-state index in [-0.39, 0.29) is 0 Å². The number of ether oxygens (including phenoxy) is 1. The zero-order chi connectivity index (χ0) is 11.3. The van der Waals surface area contributed by atoms with E-state index in [0.29, 0.717) is 12.1 Å². The Balaban J connectivity index is 2.41. The number of aliphatic hydroxyl groups is 1. The number of rotatable bonds is 2. The summed E-state index contributed by atoms with van der Waals surface area (Å²) in [6.45, 7) is 11.2. The van der Waals surface area contributed by atoms with Crippen LogP contribution in [0.5, 0.6) is 0 Å². The van der Waals surface area contributed by atoms with Gasteiger partial charge >= 0.3 is 0 Å². The molecular weight excluding hydrogens is 190 g/mol. The highest BCUT2D eigenvalue weighted by molar-refractivity contribution is 5.26. The van der Waals surface area contributed by atoms with Gasteiger partial charge in [-0.15, -0.1) is 0 Å². The molecule has 3 nitrogen and oxygen atoms in total. The molecule has 0 aromatic carbocycles. The Bertz CT molecular complexity index is 280. The molecule has 0 aromatic rings. The molecule has 0 radical (unpaired) electrons. The maximum Gasteiger partial charge on any atom is 0.143 e. The summed E-state index contributed by atoms with van der Waals surface area (Å²) in [7, 11) is 0. The van der Waals surface area contributed by atoms with Crippen molar-refractivity contribution >= 4 is 0 Å². The Morgan fingerprint density at radius 3 is 2.67 bits per heavy atom. The van der Waals surface area contributed by atoms with Gasteiger partial charge in [-0.2, -0.15) is 0 Å². The molecule has 0 amide bonds.